The molecule has 94 valence electrons. The minimum Gasteiger partial charge on any atom is -0.282 e. The number of hydrogen-bond acceptors (Lipinski definition) is 1. The maximum absolute atomic E-state index is 12.6. The Bertz CT molecular complexity index is 568. The van der Waals surface area contributed by atoms with E-state index >= 15 is 0 Å². The number of halogens is 3. The molecule has 1 heterocycles. The predicted molar refractivity (Wildman–Crippen MR) is 61.0 cm³/mol. The van der Waals surface area contributed by atoms with E-state index < -0.39 is 11.7 Å². The summed E-state index contributed by atoms with van der Waals surface area (Å²) in [5.41, 5.74) is 1.44. The second-order valence-corrected chi connectivity index (χ2v) is 4.56. The van der Waals surface area contributed by atoms with Crippen LogP contribution in [-0.2, 0) is 6.18 Å². The van der Waals surface area contributed by atoms with Gasteiger partial charge in [0.05, 0.1) is 11.3 Å². The van der Waals surface area contributed by atoms with E-state index in [1.54, 1.807) is 6.07 Å². The average molecular weight is 252 g/mol. The molecule has 2 aromatic rings. The van der Waals surface area contributed by atoms with Crippen LogP contribution in [0.4, 0.5) is 13.2 Å². The molecule has 2 nitrogen and oxygen atoms in total. The van der Waals surface area contributed by atoms with E-state index in [0.717, 1.165) is 30.7 Å². The van der Waals surface area contributed by atoms with Crippen LogP contribution in [0, 0.1) is 0 Å². The van der Waals surface area contributed by atoms with Crippen LogP contribution < -0.4 is 0 Å². The molecule has 0 spiro atoms. The zero-order valence-corrected chi connectivity index (χ0v) is 9.46. The van der Waals surface area contributed by atoms with Gasteiger partial charge in [-0.3, -0.25) is 5.10 Å². The minimum atomic E-state index is -4.31. The first-order valence-electron chi connectivity index (χ1n) is 5.77. The monoisotopic (exact) mass is 252 g/mol. The Hall–Kier alpha value is -1.78. The smallest absolute Gasteiger partial charge is 0.282 e. The molecule has 1 aliphatic carbocycles. The van der Waals surface area contributed by atoms with Crippen molar-refractivity contribution in [3.8, 4) is 11.3 Å². The van der Waals surface area contributed by atoms with Crippen LogP contribution in [0.15, 0.2) is 30.3 Å². The SMILES string of the molecule is FC(F)(F)c1cccc(-c2cc(C3CC3)[nH]n2)c1. The number of H-pyrrole nitrogens is 1. The second kappa shape index (κ2) is 3.86. The van der Waals surface area contributed by atoms with Gasteiger partial charge < -0.3 is 0 Å². The van der Waals surface area contributed by atoms with E-state index in [2.05, 4.69) is 10.2 Å². The fourth-order valence-electron chi connectivity index (χ4n) is 1.94. The molecule has 18 heavy (non-hydrogen) atoms. The Morgan fingerprint density at radius 2 is 1.94 bits per heavy atom. The molecule has 0 bridgehead atoms. The number of nitrogens with zero attached hydrogens (tertiary/aromatic N) is 1. The normalized spacial score (nSPS) is 15.9. The zero-order chi connectivity index (χ0) is 12.8. The van der Waals surface area contributed by atoms with Gasteiger partial charge in [0.2, 0.25) is 0 Å². The highest BCUT2D eigenvalue weighted by molar-refractivity contribution is 5.60. The second-order valence-electron chi connectivity index (χ2n) is 4.56. The van der Waals surface area contributed by atoms with Crippen molar-refractivity contribution in [2.45, 2.75) is 24.9 Å². The topological polar surface area (TPSA) is 28.7 Å². The lowest BCUT2D eigenvalue weighted by atomic mass is 10.1. The van der Waals surface area contributed by atoms with Crippen LogP contribution in [0.1, 0.15) is 30.0 Å². The molecule has 0 aliphatic heterocycles. The molecule has 0 saturated heterocycles. The van der Waals surface area contributed by atoms with Crippen molar-refractivity contribution in [1.29, 1.82) is 0 Å². The Morgan fingerprint density at radius 3 is 2.61 bits per heavy atom. The number of benzene rings is 1. The highest BCUT2D eigenvalue weighted by Crippen LogP contribution is 2.40. The molecule has 1 fully saturated rings. The summed E-state index contributed by atoms with van der Waals surface area (Å²) in [7, 11) is 0. The standard InChI is InChI=1S/C13H11F3N2/c14-13(15,16)10-3-1-2-9(6-10)12-7-11(17-18-12)8-4-5-8/h1-3,6-8H,4-5H2,(H,17,18). The summed E-state index contributed by atoms with van der Waals surface area (Å²) in [6.45, 7) is 0. The predicted octanol–water partition coefficient (Wildman–Crippen LogP) is 3.97. The molecule has 5 heteroatoms. The Labute approximate surface area is 102 Å². The van der Waals surface area contributed by atoms with E-state index in [9.17, 15) is 13.2 Å². The molecule has 1 N–H and O–H groups in total. The molecule has 3 rings (SSSR count). The third kappa shape index (κ3) is 2.12. The van der Waals surface area contributed by atoms with Crippen molar-refractivity contribution in [3.63, 3.8) is 0 Å². The lowest BCUT2D eigenvalue weighted by molar-refractivity contribution is -0.137. The molecule has 1 aliphatic rings. The molecule has 0 radical (unpaired) electrons. The van der Waals surface area contributed by atoms with Gasteiger partial charge in [-0.1, -0.05) is 12.1 Å². The van der Waals surface area contributed by atoms with Crippen molar-refractivity contribution in [3.05, 3.63) is 41.6 Å². The van der Waals surface area contributed by atoms with Crippen molar-refractivity contribution >= 4 is 0 Å². The fourth-order valence-corrected chi connectivity index (χ4v) is 1.94. The summed E-state index contributed by atoms with van der Waals surface area (Å²) in [5, 5.41) is 6.97. The van der Waals surface area contributed by atoms with Crippen LogP contribution >= 0.6 is 0 Å². The minimum absolute atomic E-state index is 0.493. The van der Waals surface area contributed by atoms with Gasteiger partial charge in [0.15, 0.2) is 0 Å². The molecule has 0 amide bonds. The van der Waals surface area contributed by atoms with Crippen LogP contribution in [0.2, 0.25) is 0 Å². The van der Waals surface area contributed by atoms with Crippen LogP contribution in [-0.4, -0.2) is 10.2 Å². The van der Waals surface area contributed by atoms with Crippen molar-refractivity contribution in [2.75, 3.05) is 0 Å². The Morgan fingerprint density at radius 1 is 1.17 bits per heavy atom. The third-order valence-corrected chi connectivity index (χ3v) is 3.10. The number of alkyl halides is 3. The van der Waals surface area contributed by atoms with Crippen LogP contribution in [0.3, 0.4) is 0 Å². The quantitative estimate of drug-likeness (QED) is 0.860. The average Bonchev–Trinajstić information content (AvgIpc) is 3.06. The van der Waals surface area contributed by atoms with Crippen molar-refractivity contribution < 1.29 is 13.2 Å². The first-order chi connectivity index (χ1) is 8.54. The van der Waals surface area contributed by atoms with E-state index in [-0.39, 0.29) is 0 Å². The molecule has 1 aromatic carbocycles. The Balaban J connectivity index is 1.95. The molecule has 0 unspecified atom stereocenters. The van der Waals surface area contributed by atoms with Gasteiger partial charge in [-0.25, -0.2) is 0 Å². The number of aromatic amines is 1. The summed E-state index contributed by atoms with van der Waals surface area (Å²) < 4.78 is 37.8. The lowest BCUT2D eigenvalue weighted by Crippen LogP contribution is -2.04. The summed E-state index contributed by atoms with van der Waals surface area (Å²) in [6.07, 6.45) is -2.06. The molecule has 1 saturated carbocycles. The summed E-state index contributed by atoms with van der Waals surface area (Å²) in [4.78, 5) is 0. The maximum Gasteiger partial charge on any atom is 0.416 e. The van der Waals surface area contributed by atoms with E-state index in [4.69, 9.17) is 0 Å². The molecular formula is C13H11F3N2. The van der Waals surface area contributed by atoms with E-state index in [0.29, 0.717) is 17.2 Å². The maximum atomic E-state index is 12.6. The number of hydrogen-bond donors (Lipinski definition) is 1. The van der Waals surface area contributed by atoms with Crippen molar-refractivity contribution in [1.82, 2.24) is 10.2 Å². The van der Waals surface area contributed by atoms with Gasteiger partial charge in [0.25, 0.3) is 0 Å². The number of aromatic nitrogens is 2. The lowest BCUT2D eigenvalue weighted by Gasteiger charge is -2.07. The summed E-state index contributed by atoms with van der Waals surface area (Å²) in [5.74, 6) is 0.511. The van der Waals surface area contributed by atoms with Gasteiger partial charge in [0.1, 0.15) is 0 Å². The summed E-state index contributed by atoms with van der Waals surface area (Å²) >= 11 is 0. The number of rotatable bonds is 2. The first-order valence-corrected chi connectivity index (χ1v) is 5.77. The highest BCUT2D eigenvalue weighted by Gasteiger charge is 2.31. The van der Waals surface area contributed by atoms with Gasteiger partial charge >= 0.3 is 6.18 Å². The van der Waals surface area contributed by atoms with Gasteiger partial charge in [0, 0.05) is 17.2 Å². The third-order valence-electron chi connectivity index (χ3n) is 3.10. The van der Waals surface area contributed by atoms with Crippen LogP contribution in [0.25, 0.3) is 11.3 Å². The first kappa shape index (κ1) is 11.3. The molecule has 1 aromatic heterocycles. The largest absolute Gasteiger partial charge is 0.416 e. The van der Waals surface area contributed by atoms with Crippen molar-refractivity contribution in [2.24, 2.45) is 0 Å². The zero-order valence-electron chi connectivity index (χ0n) is 9.46. The summed E-state index contributed by atoms with van der Waals surface area (Å²) in [6, 6.07) is 7.09. The van der Waals surface area contributed by atoms with E-state index in [1.807, 2.05) is 6.07 Å². The van der Waals surface area contributed by atoms with Gasteiger partial charge in [-0.2, -0.15) is 18.3 Å². The van der Waals surface area contributed by atoms with Gasteiger partial charge in [-0.05, 0) is 31.0 Å². The number of nitrogens with one attached hydrogen (secondary N) is 1. The van der Waals surface area contributed by atoms with E-state index in [1.165, 1.54) is 6.07 Å². The fraction of sp³-hybridized carbons (Fsp3) is 0.308. The van der Waals surface area contributed by atoms with Gasteiger partial charge in [-0.15, -0.1) is 0 Å². The Kier molecular flexibility index (Phi) is 2.43. The molecular weight excluding hydrogens is 241 g/mol. The highest BCUT2D eigenvalue weighted by atomic mass is 19.4. The van der Waals surface area contributed by atoms with Crippen LogP contribution in [0.5, 0.6) is 0 Å². The molecule has 0 atom stereocenters.